The number of nitrogens with one attached hydrogen (secondary N) is 1. The van der Waals surface area contributed by atoms with Crippen molar-refractivity contribution in [2.75, 3.05) is 0 Å². The summed E-state index contributed by atoms with van der Waals surface area (Å²) in [6.45, 7) is 4.41. The van der Waals surface area contributed by atoms with Crippen LogP contribution in [0.4, 0.5) is 0 Å². The van der Waals surface area contributed by atoms with Gasteiger partial charge in [0.2, 0.25) is 0 Å². The Kier molecular flexibility index (Phi) is 3.05. The zero-order valence-electron chi connectivity index (χ0n) is 6.80. The van der Waals surface area contributed by atoms with Gasteiger partial charge in [0.1, 0.15) is 0 Å². The standard InChI is InChI=1S/C8H17NS/c1-6-3-4-8(9-6)5-7(2)10/h6-10H,3-5H2,1-2H3. The summed E-state index contributed by atoms with van der Waals surface area (Å²) in [4.78, 5) is 0. The molecule has 2 heteroatoms. The van der Waals surface area contributed by atoms with E-state index < -0.39 is 0 Å². The van der Waals surface area contributed by atoms with Gasteiger partial charge in [-0.15, -0.1) is 0 Å². The maximum absolute atomic E-state index is 4.36. The summed E-state index contributed by atoms with van der Waals surface area (Å²) in [5, 5.41) is 4.08. The van der Waals surface area contributed by atoms with Crippen molar-refractivity contribution in [2.45, 2.75) is 50.4 Å². The molecule has 1 aliphatic heterocycles. The molecule has 0 spiro atoms. The van der Waals surface area contributed by atoms with Crippen LogP contribution in [0, 0.1) is 0 Å². The van der Waals surface area contributed by atoms with Crippen molar-refractivity contribution in [3.63, 3.8) is 0 Å². The molecule has 1 aliphatic rings. The Balaban J connectivity index is 2.18. The summed E-state index contributed by atoms with van der Waals surface area (Å²) in [5.74, 6) is 0. The van der Waals surface area contributed by atoms with Gasteiger partial charge in [0.25, 0.3) is 0 Å². The van der Waals surface area contributed by atoms with E-state index in [0.717, 1.165) is 12.1 Å². The monoisotopic (exact) mass is 159 g/mol. The van der Waals surface area contributed by atoms with Crippen LogP contribution < -0.4 is 5.32 Å². The number of hydrogen-bond acceptors (Lipinski definition) is 2. The second-order valence-corrected chi connectivity index (χ2v) is 4.31. The molecule has 1 fully saturated rings. The van der Waals surface area contributed by atoms with Gasteiger partial charge in [-0.2, -0.15) is 12.6 Å². The van der Waals surface area contributed by atoms with Gasteiger partial charge in [-0.1, -0.05) is 6.92 Å². The fourth-order valence-corrected chi connectivity index (χ4v) is 1.87. The van der Waals surface area contributed by atoms with Crippen LogP contribution in [0.5, 0.6) is 0 Å². The molecule has 3 atom stereocenters. The molecule has 3 unspecified atom stereocenters. The normalized spacial score (nSPS) is 36.3. The highest BCUT2D eigenvalue weighted by Gasteiger charge is 2.20. The van der Waals surface area contributed by atoms with Gasteiger partial charge in [0.15, 0.2) is 0 Å². The molecule has 0 amide bonds. The van der Waals surface area contributed by atoms with Gasteiger partial charge < -0.3 is 5.32 Å². The van der Waals surface area contributed by atoms with Crippen molar-refractivity contribution in [1.29, 1.82) is 0 Å². The van der Waals surface area contributed by atoms with E-state index >= 15 is 0 Å². The first-order valence-electron chi connectivity index (χ1n) is 4.12. The summed E-state index contributed by atoms with van der Waals surface area (Å²) in [5.41, 5.74) is 0. The fraction of sp³-hybridized carbons (Fsp3) is 1.00. The Morgan fingerprint density at radius 1 is 1.60 bits per heavy atom. The third-order valence-corrected chi connectivity index (χ3v) is 2.30. The van der Waals surface area contributed by atoms with E-state index in [4.69, 9.17) is 0 Å². The molecule has 0 aromatic carbocycles. The first-order valence-corrected chi connectivity index (χ1v) is 4.64. The van der Waals surface area contributed by atoms with E-state index in [9.17, 15) is 0 Å². The zero-order valence-corrected chi connectivity index (χ0v) is 7.70. The predicted octanol–water partition coefficient (Wildman–Crippen LogP) is 1.84. The SMILES string of the molecule is CC(S)CC1CCC(C)N1. The molecular weight excluding hydrogens is 142 g/mol. The molecule has 0 saturated carbocycles. The first-order chi connectivity index (χ1) is 4.68. The third kappa shape index (κ3) is 2.51. The molecule has 0 aromatic rings. The average Bonchev–Trinajstić information content (AvgIpc) is 2.13. The minimum absolute atomic E-state index is 0.544. The molecule has 1 heterocycles. The second kappa shape index (κ2) is 3.63. The molecule has 0 radical (unpaired) electrons. The van der Waals surface area contributed by atoms with E-state index in [2.05, 4.69) is 31.8 Å². The summed E-state index contributed by atoms with van der Waals surface area (Å²) in [6.07, 6.45) is 3.89. The van der Waals surface area contributed by atoms with Crippen molar-refractivity contribution in [3.05, 3.63) is 0 Å². The highest BCUT2D eigenvalue weighted by Crippen LogP contribution is 2.17. The molecule has 60 valence electrons. The Bertz CT molecular complexity index is 103. The lowest BCUT2D eigenvalue weighted by Crippen LogP contribution is -2.28. The number of rotatable bonds is 2. The van der Waals surface area contributed by atoms with Gasteiger partial charge >= 0.3 is 0 Å². The minimum atomic E-state index is 0.544. The molecule has 1 N–H and O–H groups in total. The highest BCUT2D eigenvalue weighted by atomic mass is 32.1. The lowest BCUT2D eigenvalue weighted by atomic mass is 10.1. The van der Waals surface area contributed by atoms with Crippen molar-refractivity contribution >= 4 is 12.6 Å². The maximum Gasteiger partial charge on any atom is 0.00804 e. The Hall–Kier alpha value is 0.310. The van der Waals surface area contributed by atoms with E-state index in [1.807, 2.05) is 0 Å². The molecule has 0 aromatic heterocycles. The van der Waals surface area contributed by atoms with Crippen LogP contribution in [0.3, 0.4) is 0 Å². The van der Waals surface area contributed by atoms with Crippen molar-refractivity contribution in [1.82, 2.24) is 5.32 Å². The number of hydrogen-bond donors (Lipinski definition) is 2. The van der Waals surface area contributed by atoms with Crippen LogP contribution in [0.2, 0.25) is 0 Å². The van der Waals surface area contributed by atoms with Crippen molar-refractivity contribution < 1.29 is 0 Å². The van der Waals surface area contributed by atoms with Gasteiger partial charge in [0.05, 0.1) is 0 Å². The Morgan fingerprint density at radius 3 is 2.70 bits per heavy atom. The predicted molar refractivity (Wildman–Crippen MR) is 48.7 cm³/mol. The Morgan fingerprint density at radius 2 is 2.30 bits per heavy atom. The minimum Gasteiger partial charge on any atom is -0.311 e. The summed E-state index contributed by atoms with van der Waals surface area (Å²) in [6, 6.07) is 1.47. The summed E-state index contributed by atoms with van der Waals surface area (Å²) >= 11 is 4.36. The molecule has 0 bridgehead atoms. The topological polar surface area (TPSA) is 12.0 Å². The zero-order chi connectivity index (χ0) is 7.56. The maximum atomic E-state index is 4.36. The van der Waals surface area contributed by atoms with E-state index in [0.29, 0.717) is 5.25 Å². The molecule has 1 saturated heterocycles. The van der Waals surface area contributed by atoms with Crippen LogP contribution in [0.15, 0.2) is 0 Å². The van der Waals surface area contributed by atoms with Crippen LogP contribution in [-0.4, -0.2) is 17.3 Å². The van der Waals surface area contributed by atoms with Crippen molar-refractivity contribution in [3.8, 4) is 0 Å². The van der Waals surface area contributed by atoms with Crippen molar-refractivity contribution in [2.24, 2.45) is 0 Å². The third-order valence-electron chi connectivity index (χ3n) is 2.09. The largest absolute Gasteiger partial charge is 0.311 e. The van der Waals surface area contributed by atoms with E-state index in [-0.39, 0.29) is 0 Å². The van der Waals surface area contributed by atoms with Gasteiger partial charge in [-0.05, 0) is 26.2 Å². The van der Waals surface area contributed by atoms with E-state index in [1.54, 1.807) is 0 Å². The van der Waals surface area contributed by atoms with Gasteiger partial charge in [-0.3, -0.25) is 0 Å². The summed E-state index contributed by atoms with van der Waals surface area (Å²) in [7, 11) is 0. The van der Waals surface area contributed by atoms with Crippen LogP contribution in [0.1, 0.15) is 33.1 Å². The van der Waals surface area contributed by atoms with Crippen LogP contribution >= 0.6 is 12.6 Å². The molecule has 1 nitrogen and oxygen atoms in total. The average molecular weight is 159 g/mol. The van der Waals surface area contributed by atoms with Crippen LogP contribution in [-0.2, 0) is 0 Å². The molecule has 10 heavy (non-hydrogen) atoms. The summed E-state index contributed by atoms with van der Waals surface area (Å²) < 4.78 is 0. The second-order valence-electron chi connectivity index (χ2n) is 3.43. The van der Waals surface area contributed by atoms with Gasteiger partial charge in [-0.25, -0.2) is 0 Å². The highest BCUT2D eigenvalue weighted by molar-refractivity contribution is 7.80. The smallest absolute Gasteiger partial charge is 0.00804 e. The number of thiol groups is 1. The quantitative estimate of drug-likeness (QED) is 0.586. The van der Waals surface area contributed by atoms with Crippen LogP contribution in [0.25, 0.3) is 0 Å². The molecular formula is C8H17NS. The first kappa shape index (κ1) is 8.41. The lowest BCUT2D eigenvalue weighted by Gasteiger charge is -2.12. The molecule has 0 aliphatic carbocycles. The molecule has 1 rings (SSSR count). The van der Waals surface area contributed by atoms with E-state index in [1.165, 1.54) is 19.3 Å². The van der Waals surface area contributed by atoms with Gasteiger partial charge in [0, 0.05) is 17.3 Å². The Labute approximate surface area is 69.0 Å². The fourth-order valence-electron chi connectivity index (χ4n) is 1.62. The lowest BCUT2D eigenvalue weighted by molar-refractivity contribution is 0.527.